The molecule has 2 N–H and O–H groups in total. The summed E-state index contributed by atoms with van der Waals surface area (Å²) in [7, 11) is 2.13. The summed E-state index contributed by atoms with van der Waals surface area (Å²) in [6.07, 6.45) is 3.79. The van der Waals surface area contributed by atoms with Crippen LogP contribution in [0.5, 0.6) is 0 Å². The van der Waals surface area contributed by atoms with Gasteiger partial charge in [-0.25, -0.2) is 8.78 Å². The van der Waals surface area contributed by atoms with Gasteiger partial charge in [-0.15, -0.1) is 0 Å². The molecule has 3 rings (SSSR count). The molecular weight excluding hydrogens is 272 g/mol. The molecular formula is C16H23F2N3. The maximum Gasteiger partial charge on any atom is 0.149 e. The second kappa shape index (κ2) is 5.89. The summed E-state index contributed by atoms with van der Waals surface area (Å²) in [4.78, 5) is 4.26. The van der Waals surface area contributed by atoms with Crippen molar-refractivity contribution >= 4 is 5.69 Å². The van der Waals surface area contributed by atoms with Crippen molar-refractivity contribution in [2.24, 2.45) is 5.73 Å². The van der Waals surface area contributed by atoms with E-state index in [1.54, 1.807) is 0 Å². The van der Waals surface area contributed by atoms with E-state index in [2.05, 4.69) is 11.9 Å². The van der Waals surface area contributed by atoms with Crippen molar-refractivity contribution in [3.63, 3.8) is 0 Å². The molecule has 2 bridgehead atoms. The normalized spacial score (nSPS) is 26.2. The van der Waals surface area contributed by atoms with Gasteiger partial charge in [0, 0.05) is 25.2 Å². The fraction of sp³-hybridized carbons (Fsp3) is 0.625. The third kappa shape index (κ3) is 2.77. The number of fused-ring (bicyclic) bond motifs is 2. The number of benzene rings is 1. The predicted molar refractivity (Wildman–Crippen MR) is 80.5 cm³/mol. The molecule has 1 aromatic rings. The van der Waals surface area contributed by atoms with Crippen LogP contribution in [0.15, 0.2) is 12.1 Å². The Hall–Kier alpha value is -1.20. The highest BCUT2D eigenvalue weighted by Crippen LogP contribution is 2.33. The summed E-state index contributed by atoms with van der Waals surface area (Å²) in [5.74, 6) is -0.919. The Morgan fingerprint density at radius 1 is 1.14 bits per heavy atom. The first-order valence-electron chi connectivity index (χ1n) is 7.75. The lowest BCUT2D eigenvalue weighted by Crippen LogP contribution is -2.37. The van der Waals surface area contributed by atoms with Crippen LogP contribution in [0.3, 0.4) is 0 Å². The Bertz CT molecular complexity index is 497. The Morgan fingerprint density at radius 2 is 1.81 bits per heavy atom. The summed E-state index contributed by atoms with van der Waals surface area (Å²) < 4.78 is 28.7. The monoisotopic (exact) mass is 295 g/mol. The van der Waals surface area contributed by atoms with E-state index in [1.165, 1.54) is 18.6 Å². The van der Waals surface area contributed by atoms with Crippen LogP contribution in [-0.4, -0.2) is 43.7 Å². The Kier molecular flexibility index (Phi) is 4.13. The molecule has 116 valence electrons. The number of rotatable bonds is 3. The largest absolute Gasteiger partial charge is 0.365 e. The minimum Gasteiger partial charge on any atom is -0.365 e. The summed E-state index contributed by atoms with van der Waals surface area (Å²) in [5.41, 5.74) is 6.22. The zero-order chi connectivity index (χ0) is 15.0. The first-order chi connectivity index (χ1) is 10.1. The Balaban J connectivity index is 1.86. The molecule has 2 aliphatic rings. The lowest BCUT2D eigenvalue weighted by molar-refractivity contribution is 0.254. The van der Waals surface area contributed by atoms with Gasteiger partial charge in [0.1, 0.15) is 17.3 Å². The van der Waals surface area contributed by atoms with E-state index in [-0.39, 0.29) is 5.69 Å². The van der Waals surface area contributed by atoms with Crippen LogP contribution in [-0.2, 0) is 6.42 Å². The van der Waals surface area contributed by atoms with E-state index >= 15 is 0 Å². The van der Waals surface area contributed by atoms with E-state index < -0.39 is 11.6 Å². The molecule has 0 aromatic heterocycles. The molecule has 0 spiro atoms. The number of anilines is 1. The maximum atomic E-state index is 14.4. The molecule has 21 heavy (non-hydrogen) atoms. The fourth-order valence-corrected chi connectivity index (χ4v) is 3.74. The maximum absolute atomic E-state index is 14.4. The summed E-state index contributed by atoms with van der Waals surface area (Å²) in [6, 6.07) is 3.82. The van der Waals surface area contributed by atoms with Gasteiger partial charge in [-0.05, 0) is 57.0 Å². The molecule has 2 aliphatic heterocycles. The molecule has 2 saturated heterocycles. The van der Waals surface area contributed by atoms with Crippen molar-refractivity contribution in [1.29, 1.82) is 0 Å². The first-order valence-corrected chi connectivity index (χ1v) is 7.75. The Morgan fingerprint density at radius 3 is 2.48 bits per heavy atom. The van der Waals surface area contributed by atoms with Crippen LogP contribution in [0.2, 0.25) is 0 Å². The second-order valence-corrected chi connectivity index (χ2v) is 6.23. The van der Waals surface area contributed by atoms with Gasteiger partial charge in [0.05, 0.1) is 0 Å². The molecule has 2 atom stereocenters. The number of hydrogen-bond donors (Lipinski definition) is 1. The number of nitrogens with two attached hydrogens (primary N) is 1. The summed E-state index contributed by atoms with van der Waals surface area (Å²) in [6.45, 7) is 1.82. The van der Waals surface area contributed by atoms with Crippen LogP contribution < -0.4 is 10.6 Å². The fourth-order valence-electron chi connectivity index (χ4n) is 3.74. The van der Waals surface area contributed by atoms with Gasteiger partial charge in [0.15, 0.2) is 0 Å². The minimum atomic E-state index is -0.459. The lowest BCUT2D eigenvalue weighted by Gasteiger charge is -2.28. The van der Waals surface area contributed by atoms with Crippen molar-refractivity contribution in [2.75, 3.05) is 31.6 Å². The number of nitrogens with zero attached hydrogens (tertiary/aromatic N) is 2. The van der Waals surface area contributed by atoms with Gasteiger partial charge in [0.25, 0.3) is 0 Å². The molecule has 3 nitrogen and oxygen atoms in total. The van der Waals surface area contributed by atoms with Crippen LogP contribution in [0.25, 0.3) is 0 Å². The zero-order valence-electron chi connectivity index (χ0n) is 12.5. The lowest BCUT2D eigenvalue weighted by atomic mass is 10.1. The average Bonchev–Trinajstić information content (AvgIpc) is 2.65. The standard InChI is InChI=1S/C16H23F2N3/c1-20-12-2-3-13(20)10-21(7-5-12)16-14(17)8-11(4-6-19)9-15(16)18/h8-9,12-13H,2-7,10,19H2,1H3. The van der Waals surface area contributed by atoms with Crippen molar-refractivity contribution in [3.05, 3.63) is 29.3 Å². The highest BCUT2D eigenvalue weighted by Gasteiger charge is 2.35. The predicted octanol–water partition coefficient (Wildman–Crippen LogP) is 2.14. The van der Waals surface area contributed by atoms with Crippen LogP contribution >= 0.6 is 0 Å². The third-order valence-electron chi connectivity index (χ3n) is 4.97. The molecule has 2 heterocycles. The third-order valence-corrected chi connectivity index (χ3v) is 4.97. The molecule has 1 aromatic carbocycles. The van der Waals surface area contributed by atoms with Crippen LogP contribution in [0.1, 0.15) is 24.8 Å². The number of likely N-dealkylation sites (N-methyl/N-ethyl adjacent to an activating group) is 1. The van der Waals surface area contributed by atoms with Gasteiger partial charge in [-0.3, -0.25) is 4.90 Å². The van der Waals surface area contributed by atoms with Crippen molar-refractivity contribution in [1.82, 2.24) is 4.90 Å². The van der Waals surface area contributed by atoms with Crippen LogP contribution in [0.4, 0.5) is 14.5 Å². The van der Waals surface area contributed by atoms with Crippen LogP contribution in [0, 0.1) is 11.6 Å². The highest BCUT2D eigenvalue weighted by molar-refractivity contribution is 5.51. The van der Waals surface area contributed by atoms with Gasteiger partial charge in [-0.2, -0.15) is 0 Å². The van der Waals surface area contributed by atoms with E-state index in [4.69, 9.17) is 5.73 Å². The summed E-state index contributed by atoms with van der Waals surface area (Å²) in [5, 5.41) is 0. The highest BCUT2D eigenvalue weighted by atomic mass is 19.1. The Labute approximate surface area is 124 Å². The molecule has 0 radical (unpaired) electrons. The van der Waals surface area contributed by atoms with Gasteiger partial charge in [0.2, 0.25) is 0 Å². The number of halogens is 2. The van der Waals surface area contributed by atoms with E-state index in [1.807, 2.05) is 4.90 Å². The van der Waals surface area contributed by atoms with Crippen molar-refractivity contribution < 1.29 is 8.78 Å². The molecule has 5 heteroatoms. The molecule has 2 unspecified atom stereocenters. The van der Waals surface area contributed by atoms with E-state index in [0.717, 1.165) is 19.4 Å². The zero-order valence-corrected chi connectivity index (χ0v) is 12.5. The quantitative estimate of drug-likeness (QED) is 0.927. The van der Waals surface area contributed by atoms with Gasteiger partial charge < -0.3 is 10.6 Å². The topological polar surface area (TPSA) is 32.5 Å². The molecule has 0 aliphatic carbocycles. The molecule has 2 fully saturated rings. The van der Waals surface area contributed by atoms with Gasteiger partial charge >= 0.3 is 0 Å². The average molecular weight is 295 g/mol. The molecule has 0 saturated carbocycles. The second-order valence-electron chi connectivity index (χ2n) is 6.23. The SMILES string of the molecule is CN1C2CCC1CN(c1c(F)cc(CCN)cc1F)CC2. The van der Waals surface area contributed by atoms with E-state index in [9.17, 15) is 8.78 Å². The van der Waals surface area contributed by atoms with Crippen molar-refractivity contribution in [3.8, 4) is 0 Å². The minimum absolute atomic E-state index is 0.136. The summed E-state index contributed by atoms with van der Waals surface area (Å²) >= 11 is 0. The van der Waals surface area contributed by atoms with Gasteiger partial charge in [-0.1, -0.05) is 0 Å². The molecule has 0 amide bonds. The number of hydrogen-bond acceptors (Lipinski definition) is 3. The first kappa shape index (κ1) is 14.7. The van der Waals surface area contributed by atoms with E-state index in [0.29, 0.717) is 37.2 Å². The smallest absolute Gasteiger partial charge is 0.149 e. The van der Waals surface area contributed by atoms with Crippen molar-refractivity contribution in [2.45, 2.75) is 37.8 Å².